The van der Waals surface area contributed by atoms with Crippen molar-refractivity contribution in [2.24, 2.45) is 0 Å². The molecule has 0 N–H and O–H groups in total. The fraction of sp³-hybridized carbons (Fsp3) is 0.350. The number of rotatable bonds is 5. The maximum absolute atomic E-state index is 12.8. The van der Waals surface area contributed by atoms with Gasteiger partial charge in [0, 0.05) is 39.0 Å². The molecule has 2 aromatic carbocycles. The van der Waals surface area contributed by atoms with Gasteiger partial charge in [-0.1, -0.05) is 41.9 Å². The van der Waals surface area contributed by atoms with Crippen LogP contribution in [0.3, 0.4) is 0 Å². The molecule has 1 fully saturated rings. The molecule has 2 aromatic rings. The molecule has 144 valence electrons. The summed E-state index contributed by atoms with van der Waals surface area (Å²) < 4.78 is 23.5. The van der Waals surface area contributed by atoms with Gasteiger partial charge in [-0.3, -0.25) is 9.69 Å². The second-order valence-corrected chi connectivity index (χ2v) is 9.21. The summed E-state index contributed by atoms with van der Waals surface area (Å²) in [6.45, 7) is 3.75. The second-order valence-electron chi connectivity index (χ2n) is 6.78. The standard InChI is InChI=1S/C20H23ClN2O3S/c1-27(25,26)17-7-8-19(21)18(15-17)20(24)23-13-11-22(12-14-23)10-9-16-5-3-2-4-6-16/h2-8,15H,9-14H2,1H3. The first-order chi connectivity index (χ1) is 12.8. The van der Waals surface area contributed by atoms with Crippen LogP contribution in [0.1, 0.15) is 15.9 Å². The monoisotopic (exact) mass is 406 g/mol. The predicted molar refractivity (Wildman–Crippen MR) is 107 cm³/mol. The Labute approximate surface area is 165 Å². The van der Waals surface area contributed by atoms with Gasteiger partial charge >= 0.3 is 0 Å². The summed E-state index contributed by atoms with van der Waals surface area (Å²) in [7, 11) is -3.39. The van der Waals surface area contributed by atoms with E-state index in [0.717, 1.165) is 32.3 Å². The minimum Gasteiger partial charge on any atom is -0.336 e. The van der Waals surface area contributed by atoms with Crippen molar-refractivity contribution in [2.75, 3.05) is 39.0 Å². The molecule has 0 radical (unpaired) electrons. The van der Waals surface area contributed by atoms with E-state index in [1.165, 1.54) is 23.8 Å². The Bertz CT molecular complexity index is 908. The molecule has 0 spiro atoms. The molecule has 1 aliphatic rings. The number of benzene rings is 2. The van der Waals surface area contributed by atoms with Gasteiger partial charge in [-0.25, -0.2) is 8.42 Å². The Kier molecular flexibility index (Phi) is 6.19. The Morgan fingerprint density at radius 3 is 2.33 bits per heavy atom. The van der Waals surface area contributed by atoms with Crippen LogP contribution in [0.4, 0.5) is 0 Å². The quantitative estimate of drug-likeness (QED) is 0.766. The van der Waals surface area contributed by atoms with Gasteiger partial charge in [-0.2, -0.15) is 0 Å². The Morgan fingerprint density at radius 1 is 1.04 bits per heavy atom. The van der Waals surface area contributed by atoms with E-state index in [1.54, 1.807) is 4.90 Å². The van der Waals surface area contributed by atoms with Crippen LogP contribution < -0.4 is 0 Å². The fourth-order valence-corrected chi connectivity index (χ4v) is 4.02. The number of hydrogen-bond donors (Lipinski definition) is 0. The highest BCUT2D eigenvalue weighted by molar-refractivity contribution is 7.90. The SMILES string of the molecule is CS(=O)(=O)c1ccc(Cl)c(C(=O)N2CCN(CCc3ccccc3)CC2)c1. The van der Waals surface area contributed by atoms with Gasteiger partial charge in [-0.15, -0.1) is 0 Å². The molecule has 1 saturated heterocycles. The van der Waals surface area contributed by atoms with E-state index in [9.17, 15) is 13.2 Å². The van der Waals surface area contributed by atoms with E-state index in [0.29, 0.717) is 13.1 Å². The molecule has 1 amide bonds. The van der Waals surface area contributed by atoms with Gasteiger partial charge in [0.25, 0.3) is 5.91 Å². The Hall–Kier alpha value is -1.89. The lowest BCUT2D eigenvalue weighted by molar-refractivity contribution is 0.0638. The number of nitrogens with zero attached hydrogens (tertiary/aromatic N) is 2. The van der Waals surface area contributed by atoms with Crippen LogP contribution in [0.15, 0.2) is 53.4 Å². The highest BCUT2D eigenvalue weighted by atomic mass is 35.5. The van der Waals surface area contributed by atoms with Crippen LogP contribution in [0.25, 0.3) is 0 Å². The lowest BCUT2D eigenvalue weighted by atomic mass is 10.1. The summed E-state index contributed by atoms with van der Waals surface area (Å²) >= 11 is 6.15. The number of sulfone groups is 1. The third kappa shape index (κ3) is 5.09. The van der Waals surface area contributed by atoms with Crippen LogP contribution >= 0.6 is 11.6 Å². The first-order valence-electron chi connectivity index (χ1n) is 8.90. The van der Waals surface area contributed by atoms with Crippen LogP contribution in [-0.4, -0.2) is 63.1 Å². The van der Waals surface area contributed by atoms with E-state index in [1.807, 2.05) is 18.2 Å². The van der Waals surface area contributed by atoms with Crippen molar-refractivity contribution in [1.29, 1.82) is 0 Å². The fourth-order valence-electron chi connectivity index (χ4n) is 3.18. The largest absolute Gasteiger partial charge is 0.336 e. The lowest BCUT2D eigenvalue weighted by Gasteiger charge is -2.35. The number of carbonyl (C=O) groups excluding carboxylic acids is 1. The van der Waals surface area contributed by atoms with E-state index < -0.39 is 9.84 Å². The highest BCUT2D eigenvalue weighted by Gasteiger charge is 2.24. The highest BCUT2D eigenvalue weighted by Crippen LogP contribution is 2.22. The number of piperazine rings is 1. The number of carbonyl (C=O) groups is 1. The molecular weight excluding hydrogens is 384 g/mol. The minimum atomic E-state index is -3.39. The maximum atomic E-state index is 12.8. The summed E-state index contributed by atoms with van der Waals surface area (Å²) in [5.41, 5.74) is 1.55. The first-order valence-corrected chi connectivity index (χ1v) is 11.2. The molecule has 3 rings (SSSR count). The molecule has 27 heavy (non-hydrogen) atoms. The van der Waals surface area contributed by atoms with Crippen molar-refractivity contribution in [3.8, 4) is 0 Å². The van der Waals surface area contributed by atoms with Crippen molar-refractivity contribution in [2.45, 2.75) is 11.3 Å². The molecule has 1 aliphatic heterocycles. The van der Waals surface area contributed by atoms with Crippen molar-refractivity contribution < 1.29 is 13.2 Å². The van der Waals surface area contributed by atoms with Gasteiger partial charge in [0.2, 0.25) is 0 Å². The smallest absolute Gasteiger partial charge is 0.255 e. The van der Waals surface area contributed by atoms with Gasteiger partial charge < -0.3 is 4.90 Å². The number of amides is 1. The van der Waals surface area contributed by atoms with E-state index >= 15 is 0 Å². The minimum absolute atomic E-state index is 0.108. The maximum Gasteiger partial charge on any atom is 0.255 e. The second kappa shape index (κ2) is 8.42. The summed E-state index contributed by atoms with van der Waals surface area (Å²) in [4.78, 5) is 17.0. The first kappa shape index (κ1) is 19.9. The van der Waals surface area contributed by atoms with Crippen LogP contribution in [0.2, 0.25) is 5.02 Å². The van der Waals surface area contributed by atoms with Gasteiger partial charge in [0.05, 0.1) is 15.5 Å². The molecule has 0 saturated carbocycles. The molecule has 1 heterocycles. The lowest BCUT2D eigenvalue weighted by Crippen LogP contribution is -2.49. The third-order valence-corrected chi connectivity index (χ3v) is 6.26. The molecule has 0 aromatic heterocycles. The van der Waals surface area contributed by atoms with Crippen molar-refractivity contribution in [3.63, 3.8) is 0 Å². The molecule has 0 bridgehead atoms. The average molecular weight is 407 g/mol. The normalized spacial score (nSPS) is 15.7. The van der Waals surface area contributed by atoms with Crippen molar-refractivity contribution >= 4 is 27.3 Å². The summed E-state index contributed by atoms with van der Waals surface area (Å²) in [5.74, 6) is -0.215. The Balaban J connectivity index is 1.60. The number of halogens is 1. The van der Waals surface area contributed by atoms with Crippen molar-refractivity contribution in [3.05, 3.63) is 64.7 Å². The zero-order valence-electron chi connectivity index (χ0n) is 15.3. The van der Waals surface area contributed by atoms with E-state index in [2.05, 4.69) is 17.0 Å². The third-order valence-electron chi connectivity index (χ3n) is 4.82. The number of hydrogen-bond acceptors (Lipinski definition) is 4. The molecule has 7 heteroatoms. The van der Waals surface area contributed by atoms with Crippen LogP contribution in [-0.2, 0) is 16.3 Å². The summed E-state index contributed by atoms with van der Waals surface area (Å²) in [5, 5.41) is 0.277. The molecule has 0 aliphatic carbocycles. The topological polar surface area (TPSA) is 57.7 Å². The average Bonchev–Trinajstić information content (AvgIpc) is 2.66. The van der Waals surface area contributed by atoms with Crippen LogP contribution in [0.5, 0.6) is 0 Å². The van der Waals surface area contributed by atoms with Crippen LogP contribution in [0, 0.1) is 0 Å². The van der Waals surface area contributed by atoms with Gasteiger partial charge in [0.1, 0.15) is 0 Å². The van der Waals surface area contributed by atoms with Gasteiger partial charge in [0.15, 0.2) is 9.84 Å². The molecule has 0 atom stereocenters. The zero-order valence-corrected chi connectivity index (χ0v) is 16.8. The molecular formula is C20H23ClN2O3S. The zero-order chi connectivity index (χ0) is 19.4. The van der Waals surface area contributed by atoms with E-state index in [4.69, 9.17) is 11.6 Å². The Morgan fingerprint density at radius 2 is 1.70 bits per heavy atom. The van der Waals surface area contributed by atoms with E-state index in [-0.39, 0.29) is 21.4 Å². The summed E-state index contributed by atoms with van der Waals surface area (Å²) in [6.07, 6.45) is 2.10. The molecule has 0 unspecified atom stereocenters. The summed E-state index contributed by atoms with van der Waals surface area (Å²) in [6, 6.07) is 14.6. The predicted octanol–water partition coefficient (Wildman–Crippen LogP) is 2.74. The van der Waals surface area contributed by atoms with Gasteiger partial charge in [-0.05, 0) is 30.2 Å². The molecule has 5 nitrogen and oxygen atoms in total. The van der Waals surface area contributed by atoms with Crippen molar-refractivity contribution in [1.82, 2.24) is 9.80 Å².